The molecule has 5 heteroatoms. The van der Waals surface area contributed by atoms with Gasteiger partial charge in [0.05, 0.1) is 0 Å². The third kappa shape index (κ3) is 3.27. The molecule has 0 saturated carbocycles. The lowest BCUT2D eigenvalue weighted by Crippen LogP contribution is -2.28. The number of benzene rings is 1. The van der Waals surface area contributed by atoms with Crippen LogP contribution in [0.1, 0.15) is 10.4 Å². The van der Waals surface area contributed by atoms with Crippen molar-refractivity contribution in [2.45, 2.75) is 0 Å². The molecule has 0 N–H and O–H groups in total. The van der Waals surface area contributed by atoms with E-state index in [0.29, 0.717) is 11.9 Å². The minimum Gasteiger partial charge on any atom is -0.341 e. The van der Waals surface area contributed by atoms with Gasteiger partial charge in [0, 0.05) is 30.6 Å². The molecule has 0 fully saturated rings. The van der Waals surface area contributed by atoms with Crippen molar-refractivity contribution in [1.82, 2.24) is 4.90 Å². The van der Waals surface area contributed by atoms with Crippen LogP contribution < -0.4 is 0 Å². The van der Waals surface area contributed by atoms with Crippen LogP contribution in [-0.2, 0) is 0 Å². The number of alkyl halides is 1. The predicted molar refractivity (Wildman–Crippen MR) is 57.1 cm³/mol. The summed E-state index contributed by atoms with van der Waals surface area (Å²) >= 11 is 3.18. The van der Waals surface area contributed by atoms with Crippen molar-refractivity contribution in [2.75, 3.05) is 18.9 Å². The second-order valence-electron chi connectivity index (χ2n) is 3.07. The number of hydrogen-bond acceptors (Lipinski definition) is 1. The first-order chi connectivity index (χ1) is 7.04. The maximum atomic E-state index is 12.8. The number of carbonyl (C=O) groups is 1. The van der Waals surface area contributed by atoms with Crippen LogP contribution in [0.4, 0.5) is 8.78 Å². The molecule has 2 nitrogen and oxygen atoms in total. The zero-order valence-corrected chi connectivity index (χ0v) is 9.72. The van der Waals surface area contributed by atoms with Gasteiger partial charge in [-0.3, -0.25) is 4.79 Å². The Labute approximate surface area is 95.0 Å². The Bertz CT molecular complexity index is 350. The van der Waals surface area contributed by atoms with E-state index in [2.05, 4.69) is 15.9 Å². The van der Waals surface area contributed by atoms with Gasteiger partial charge in [0.2, 0.25) is 0 Å². The van der Waals surface area contributed by atoms with E-state index in [1.165, 1.54) is 4.90 Å². The molecule has 0 bridgehead atoms. The minimum absolute atomic E-state index is 0.0240. The highest BCUT2D eigenvalue weighted by molar-refractivity contribution is 9.09. The van der Waals surface area contributed by atoms with E-state index in [1.54, 1.807) is 7.05 Å². The number of carbonyl (C=O) groups excluding carboxylic acids is 1. The van der Waals surface area contributed by atoms with Gasteiger partial charge < -0.3 is 4.90 Å². The summed E-state index contributed by atoms with van der Waals surface area (Å²) in [6.07, 6.45) is 0. The Balaban J connectivity index is 2.90. The lowest BCUT2D eigenvalue weighted by molar-refractivity contribution is 0.0803. The van der Waals surface area contributed by atoms with E-state index in [-0.39, 0.29) is 5.56 Å². The standard InChI is InChI=1S/C10H10BrF2NO/c1-14(3-2-11)10(15)7-4-8(12)6-9(13)5-7/h4-6H,2-3H2,1H3. The molecule has 0 spiro atoms. The van der Waals surface area contributed by atoms with E-state index in [1.807, 2.05) is 0 Å². The molecule has 82 valence electrons. The fraction of sp³-hybridized carbons (Fsp3) is 0.300. The zero-order valence-electron chi connectivity index (χ0n) is 8.14. The minimum atomic E-state index is -0.745. The van der Waals surface area contributed by atoms with E-state index in [4.69, 9.17) is 0 Å². The summed E-state index contributed by atoms with van der Waals surface area (Å²) < 4.78 is 25.6. The van der Waals surface area contributed by atoms with Crippen LogP contribution in [0, 0.1) is 11.6 Å². The third-order valence-corrected chi connectivity index (χ3v) is 2.23. The van der Waals surface area contributed by atoms with Crippen LogP contribution in [0.25, 0.3) is 0 Å². The molecule has 0 aromatic heterocycles. The van der Waals surface area contributed by atoms with Crippen molar-refractivity contribution in [3.8, 4) is 0 Å². The summed E-state index contributed by atoms with van der Waals surface area (Å²) in [6, 6.07) is 2.79. The van der Waals surface area contributed by atoms with Gasteiger partial charge in [-0.2, -0.15) is 0 Å². The Hall–Kier alpha value is -0.970. The maximum absolute atomic E-state index is 12.8. The van der Waals surface area contributed by atoms with Gasteiger partial charge in [-0.1, -0.05) is 15.9 Å². The van der Waals surface area contributed by atoms with E-state index >= 15 is 0 Å². The van der Waals surface area contributed by atoms with E-state index in [9.17, 15) is 13.6 Å². The zero-order chi connectivity index (χ0) is 11.4. The average molecular weight is 278 g/mol. The molecule has 1 rings (SSSR count). The molecule has 0 aliphatic carbocycles. The summed E-state index contributed by atoms with van der Waals surface area (Å²) in [5, 5.41) is 0.618. The lowest BCUT2D eigenvalue weighted by Gasteiger charge is -2.15. The molecule has 1 amide bonds. The van der Waals surface area contributed by atoms with Gasteiger partial charge in [-0.25, -0.2) is 8.78 Å². The van der Waals surface area contributed by atoms with Crippen LogP contribution in [0.5, 0.6) is 0 Å². The second-order valence-corrected chi connectivity index (χ2v) is 3.87. The molecule has 0 unspecified atom stereocenters. The highest BCUT2D eigenvalue weighted by atomic mass is 79.9. The van der Waals surface area contributed by atoms with Gasteiger partial charge in [0.15, 0.2) is 0 Å². The molecular weight excluding hydrogens is 268 g/mol. The molecule has 1 aromatic rings. The smallest absolute Gasteiger partial charge is 0.253 e. The molecule has 0 atom stereocenters. The monoisotopic (exact) mass is 277 g/mol. The lowest BCUT2D eigenvalue weighted by atomic mass is 10.2. The third-order valence-electron chi connectivity index (χ3n) is 1.88. The number of hydrogen-bond donors (Lipinski definition) is 0. The van der Waals surface area contributed by atoms with Crippen LogP contribution in [-0.4, -0.2) is 29.7 Å². The van der Waals surface area contributed by atoms with E-state index in [0.717, 1.165) is 18.2 Å². The van der Waals surface area contributed by atoms with Gasteiger partial charge in [-0.05, 0) is 12.1 Å². The number of halogens is 3. The Morgan fingerprint density at radius 1 is 1.33 bits per heavy atom. The van der Waals surface area contributed by atoms with Gasteiger partial charge >= 0.3 is 0 Å². The first kappa shape index (κ1) is 12.1. The molecule has 0 aliphatic rings. The van der Waals surface area contributed by atoms with Crippen molar-refractivity contribution in [2.24, 2.45) is 0 Å². The topological polar surface area (TPSA) is 20.3 Å². The van der Waals surface area contributed by atoms with Crippen LogP contribution in [0.2, 0.25) is 0 Å². The highest BCUT2D eigenvalue weighted by Gasteiger charge is 2.13. The summed E-state index contributed by atoms with van der Waals surface area (Å²) in [5.74, 6) is -1.89. The Morgan fingerprint density at radius 2 is 1.87 bits per heavy atom. The molecular formula is C10H10BrF2NO. The summed E-state index contributed by atoms with van der Waals surface area (Å²) in [7, 11) is 1.58. The molecule has 0 heterocycles. The summed E-state index contributed by atoms with van der Waals surface area (Å²) in [5.41, 5.74) is 0.0240. The molecule has 15 heavy (non-hydrogen) atoms. The summed E-state index contributed by atoms with van der Waals surface area (Å²) in [6.45, 7) is 0.483. The Morgan fingerprint density at radius 3 is 2.33 bits per heavy atom. The fourth-order valence-corrected chi connectivity index (χ4v) is 1.66. The largest absolute Gasteiger partial charge is 0.341 e. The molecule has 0 aliphatic heterocycles. The summed E-state index contributed by atoms with van der Waals surface area (Å²) in [4.78, 5) is 13.0. The SMILES string of the molecule is CN(CCBr)C(=O)c1cc(F)cc(F)c1. The first-order valence-corrected chi connectivity index (χ1v) is 5.44. The second kappa shape index (κ2) is 5.21. The highest BCUT2D eigenvalue weighted by Crippen LogP contribution is 2.10. The van der Waals surface area contributed by atoms with Gasteiger partial charge in [0.1, 0.15) is 11.6 Å². The predicted octanol–water partition coefficient (Wildman–Crippen LogP) is 2.43. The van der Waals surface area contributed by atoms with E-state index < -0.39 is 17.5 Å². The van der Waals surface area contributed by atoms with Gasteiger partial charge in [0.25, 0.3) is 5.91 Å². The molecule has 0 radical (unpaired) electrons. The fourth-order valence-electron chi connectivity index (χ4n) is 1.13. The van der Waals surface area contributed by atoms with Crippen molar-refractivity contribution in [1.29, 1.82) is 0 Å². The number of nitrogens with zero attached hydrogens (tertiary/aromatic N) is 1. The van der Waals surface area contributed by atoms with Gasteiger partial charge in [-0.15, -0.1) is 0 Å². The first-order valence-electron chi connectivity index (χ1n) is 4.32. The quantitative estimate of drug-likeness (QED) is 0.778. The normalized spacial score (nSPS) is 10.1. The average Bonchev–Trinajstić information content (AvgIpc) is 2.15. The van der Waals surface area contributed by atoms with Crippen LogP contribution >= 0.6 is 15.9 Å². The van der Waals surface area contributed by atoms with Crippen LogP contribution in [0.3, 0.4) is 0 Å². The molecule has 0 saturated heterocycles. The van der Waals surface area contributed by atoms with Crippen molar-refractivity contribution in [3.05, 3.63) is 35.4 Å². The van der Waals surface area contributed by atoms with Crippen LogP contribution in [0.15, 0.2) is 18.2 Å². The van der Waals surface area contributed by atoms with Crippen molar-refractivity contribution < 1.29 is 13.6 Å². The Kier molecular flexibility index (Phi) is 4.20. The number of amides is 1. The number of rotatable bonds is 3. The molecule has 1 aromatic carbocycles. The maximum Gasteiger partial charge on any atom is 0.253 e. The van der Waals surface area contributed by atoms with Crippen molar-refractivity contribution >= 4 is 21.8 Å². The van der Waals surface area contributed by atoms with Crippen molar-refractivity contribution in [3.63, 3.8) is 0 Å².